The fourth-order valence-electron chi connectivity index (χ4n) is 7.93. The molecular weight excluding hydrogens is 638 g/mol. The van der Waals surface area contributed by atoms with Gasteiger partial charge in [0.05, 0.1) is 31.0 Å². The van der Waals surface area contributed by atoms with Crippen molar-refractivity contribution in [2.75, 3.05) is 27.5 Å². The van der Waals surface area contributed by atoms with Gasteiger partial charge >= 0.3 is 5.97 Å². The van der Waals surface area contributed by atoms with Crippen LogP contribution in [0.4, 0.5) is 0 Å². The zero-order chi connectivity index (χ0) is 39.6. The summed E-state index contributed by atoms with van der Waals surface area (Å²) in [6.45, 7) is 39.1. The van der Waals surface area contributed by atoms with Crippen LogP contribution in [0.15, 0.2) is 37.4 Å². The molecule has 0 bridgehead atoms. The van der Waals surface area contributed by atoms with Crippen molar-refractivity contribution in [1.29, 1.82) is 0 Å². The number of hydroxylamine groups is 2. The summed E-state index contributed by atoms with van der Waals surface area (Å²) in [5, 5.41) is 1.62. The standard InChI is InChI=1S/C42H78N5O4/c1-35(2,3)27-33(47-25-24-44(18)30-47)39(11,12)41(15,16)42(17,34(48)50-31-45(19)51-26-21-38(9,10)49-20)40(13,14)37(7,8)28-32(36(4,5)6)46-23-22-43-29-46/h22-25,29-30,32-33H,21,26-28,31H2,1-20H3/q+1. The van der Waals surface area contributed by atoms with E-state index >= 15 is 4.79 Å². The predicted octanol–water partition coefficient (Wildman–Crippen LogP) is 9.45. The molecule has 0 fully saturated rings. The average molecular weight is 717 g/mol. The molecule has 2 rings (SSSR count). The van der Waals surface area contributed by atoms with Gasteiger partial charge in [-0.3, -0.25) is 9.63 Å². The molecule has 2 aromatic heterocycles. The summed E-state index contributed by atoms with van der Waals surface area (Å²) < 4.78 is 18.6. The molecule has 294 valence electrons. The van der Waals surface area contributed by atoms with Gasteiger partial charge in [-0.15, -0.1) is 0 Å². The molecule has 0 aliphatic heterocycles. The Morgan fingerprint density at radius 2 is 1.41 bits per heavy atom. The summed E-state index contributed by atoms with van der Waals surface area (Å²) in [5.74, 6) is -0.214. The van der Waals surface area contributed by atoms with Gasteiger partial charge in [-0.2, -0.15) is 5.06 Å². The van der Waals surface area contributed by atoms with Crippen LogP contribution in [-0.4, -0.2) is 58.2 Å². The van der Waals surface area contributed by atoms with E-state index in [1.54, 1.807) is 12.2 Å². The number of carbonyl (C=O) groups is 1. The number of ether oxygens (including phenoxy) is 2. The topological polar surface area (TPSA) is 74.6 Å². The van der Waals surface area contributed by atoms with Crippen molar-refractivity contribution in [2.45, 2.75) is 155 Å². The number of aryl methyl sites for hydroxylation is 1. The Labute approximate surface area is 312 Å². The summed E-state index contributed by atoms with van der Waals surface area (Å²) in [6, 6.07) is 0.262. The Morgan fingerprint density at radius 1 is 0.824 bits per heavy atom. The Hall–Kier alpha value is -2.23. The number of methoxy groups -OCH3 is 1. The minimum Gasteiger partial charge on any atom is -0.447 e. The van der Waals surface area contributed by atoms with Gasteiger partial charge in [0, 0.05) is 44.4 Å². The van der Waals surface area contributed by atoms with Crippen molar-refractivity contribution in [3.05, 3.63) is 37.4 Å². The molecule has 0 aromatic carbocycles. The van der Waals surface area contributed by atoms with Gasteiger partial charge in [0.15, 0.2) is 6.73 Å². The van der Waals surface area contributed by atoms with Crippen molar-refractivity contribution < 1.29 is 23.7 Å². The first-order valence-corrected chi connectivity index (χ1v) is 18.9. The lowest BCUT2D eigenvalue weighted by atomic mass is 9.40. The molecule has 51 heavy (non-hydrogen) atoms. The fourth-order valence-corrected chi connectivity index (χ4v) is 7.93. The van der Waals surface area contributed by atoms with E-state index in [-0.39, 0.29) is 52.0 Å². The molecule has 2 heterocycles. The Bertz CT molecular complexity index is 1390. The molecule has 0 radical (unpaired) electrons. The van der Waals surface area contributed by atoms with Gasteiger partial charge in [0.25, 0.3) is 0 Å². The summed E-state index contributed by atoms with van der Waals surface area (Å²) in [7, 11) is 5.59. The lowest BCUT2D eigenvalue weighted by molar-refractivity contribution is -0.671. The normalized spacial score (nSPS) is 16.6. The highest BCUT2D eigenvalue weighted by molar-refractivity contribution is 5.79. The van der Waals surface area contributed by atoms with Crippen LogP contribution in [-0.2, 0) is 26.2 Å². The Balaban J connectivity index is 2.73. The van der Waals surface area contributed by atoms with Crippen LogP contribution >= 0.6 is 0 Å². The summed E-state index contributed by atoms with van der Waals surface area (Å²) in [6.07, 6.45) is 14.8. The van der Waals surface area contributed by atoms with E-state index in [4.69, 9.17) is 14.3 Å². The van der Waals surface area contributed by atoms with Crippen LogP contribution in [0.25, 0.3) is 0 Å². The zero-order valence-corrected chi connectivity index (χ0v) is 36.5. The van der Waals surface area contributed by atoms with Crippen LogP contribution in [0, 0.1) is 37.9 Å². The number of aromatic nitrogens is 4. The van der Waals surface area contributed by atoms with Crippen molar-refractivity contribution in [3.8, 4) is 0 Å². The van der Waals surface area contributed by atoms with Crippen molar-refractivity contribution in [3.63, 3.8) is 0 Å². The molecule has 0 spiro atoms. The predicted molar refractivity (Wildman–Crippen MR) is 208 cm³/mol. The van der Waals surface area contributed by atoms with Gasteiger partial charge in [0.2, 0.25) is 6.33 Å². The first kappa shape index (κ1) is 44.9. The SMILES string of the molecule is COC(C)(C)CCON(C)COC(=O)C(C)(C(C)(C)C(C)(C)CC(n1ccnc1)C(C)(C)C)C(C)(C)C(C)(C)C(CC(C)(C)C)n1cc[n+](C)c1. The van der Waals surface area contributed by atoms with E-state index in [9.17, 15) is 0 Å². The van der Waals surface area contributed by atoms with E-state index in [1.807, 2.05) is 33.4 Å². The molecule has 3 unspecified atom stereocenters. The van der Waals surface area contributed by atoms with E-state index in [0.717, 1.165) is 12.8 Å². The highest BCUT2D eigenvalue weighted by Gasteiger charge is 2.68. The van der Waals surface area contributed by atoms with E-state index in [0.29, 0.717) is 13.0 Å². The van der Waals surface area contributed by atoms with Crippen molar-refractivity contribution in [2.24, 2.45) is 45.0 Å². The van der Waals surface area contributed by atoms with Crippen LogP contribution in [0.1, 0.15) is 149 Å². The second-order valence-corrected chi connectivity index (χ2v) is 20.6. The van der Waals surface area contributed by atoms with Crippen LogP contribution in [0.5, 0.6) is 0 Å². The molecule has 9 nitrogen and oxygen atoms in total. The maximum Gasteiger partial charge on any atom is 0.314 e. The van der Waals surface area contributed by atoms with Gasteiger partial charge in [-0.1, -0.05) is 96.9 Å². The maximum absolute atomic E-state index is 15.2. The number of rotatable bonds is 18. The van der Waals surface area contributed by atoms with E-state index in [2.05, 4.69) is 155 Å². The maximum atomic E-state index is 15.2. The second-order valence-electron chi connectivity index (χ2n) is 20.6. The largest absolute Gasteiger partial charge is 0.447 e. The van der Waals surface area contributed by atoms with Crippen LogP contribution < -0.4 is 4.57 Å². The molecule has 0 saturated heterocycles. The third-order valence-corrected chi connectivity index (χ3v) is 13.5. The second kappa shape index (κ2) is 15.6. The third-order valence-electron chi connectivity index (χ3n) is 13.5. The molecule has 3 atom stereocenters. The third kappa shape index (κ3) is 9.85. The molecule has 0 aliphatic rings. The molecule has 2 aromatic rings. The molecule has 0 aliphatic carbocycles. The number of hydrogen-bond donors (Lipinski definition) is 0. The molecule has 0 amide bonds. The van der Waals surface area contributed by atoms with Crippen molar-refractivity contribution >= 4 is 5.97 Å². The van der Waals surface area contributed by atoms with E-state index in [1.165, 1.54) is 0 Å². The lowest BCUT2D eigenvalue weighted by Crippen LogP contribution is -2.63. The van der Waals surface area contributed by atoms with Crippen molar-refractivity contribution in [1.82, 2.24) is 19.2 Å². The number of carbonyl (C=O) groups excluding carboxylic acids is 1. The first-order valence-electron chi connectivity index (χ1n) is 18.9. The quantitative estimate of drug-likeness (QED) is 0.0663. The first-order chi connectivity index (χ1) is 22.9. The van der Waals surface area contributed by atoms with Crippen LogP contribution in [0.3, 0.4) is 0 Å². The summed E-state index contributed by atoms with van der Waals surface area (Å²) >= 11 is 0. The minimum absolute atomic E-state index is 0.0212. The van der Waals surface area contributed by atoms with Gasteiger partial charge in [-0.05, 0) is 60.7 Å². The zero-order valence-electron chi connectivity index (χ0n) is 36.5. The lowest BCUT2D eigenvalue weighted by Gasteiger charge is -2.63. The summed E-state index contributed by atoms with van der Waals surface area (Å²) in [4.78, 5) is 25.7. The minimum atomic E-state index is -0.964. The van der Waals surface area contributed by atoms with Gasteiger partial charge in [0.1, 0.15) is 18.4 Å². The summed E-state index contributed by atoms with van der Waals surface area (Å²) in [5.41, 5.74) is -3.10. The van der Waals surface area contributed by atoms with Crippen LogP contribution in [0.2, 0.25) is 0 Å². The number of imidazole rings is 2. The molecule has 0 N–H and O–H groups in total. The smallest absolute Gasteiger partial charge is 0.314 e. The number of esters is 1. The fraction of sp³-hybridized carbons (Fsp3) is 0.833. The molecule has 0 saturated carbocycles. The highest BCUT2D eigenvalue weighted by Crippen LogP contribution is 2.68. The molecule has 9 heteroatoms. The number of nitrogens with zero attached hydrogens (tertiary/aromatic N) is 5. The monoisotopic (exact) mass is 717 g/mol. The Kier molecular flexibility index (Phi) is 13.8. The molecular formula is C42H78N5O4+. The van der Waals surface area contributed by atoms with E-state index < -0.39 is 16.2 Å². The van der Waals surface area contributed by atoms with Gasteiger partial charge in [-0.25, -0.2) is 14.1 Å². The average Bonchev–Trinajstić information content (AvgIpc) is 3.67. The number of hydrogen-bond acceptors (Lipinski definition) is 6. The highest BCUT2D eigenvalue weighted by atomic mass is 16.7. The Morgan fingerprint density at radius 3 is 1.86 bits per heavy atom. The van der Waals surface area contributed by atoms with Gasteiger partial charge < -0.3 is 14.0 Å².